The maximum absolute atomic E-state index is 9.83. The van der Waals surface area contributed by atoms with Crippen molar-refractivity contribution < 1.29 is 9.84 Å². The van der Waals surface area contributed by atoms with Crippen LogP contribution in [0.2, 0.25) is 0 Å². The zero-order chi connectivity index (χ0) is 15.3. The number of piperazine rings is 1. The van der Waals surface area contributed by atoms with Gasteiger partial charge in [0, 0.05) is 44.2 Å². The summed E-state index contributed by atoms with van der Waals surface area (Å²) < 4.78 is 5.53. The van der Waals surface area contributed by atoms with Crippen LogP contribution in [0.1, 0.15) is 32.4 Å². The van der Waals surface area contributed by atoms with Crippen molar-refractivity contribution in [2.75, 3.05) is 39.4 Å². The Morgan fingerprint density at radius 2 is 1.82 bits per heavy atom. The molecule has 0 bridgehead atoms. The summed E-state index contributed by atoms with van der Waals surface area (Å²) in [7, 11) is 0. The molecule has 4 nitrogen and oxygen atoms in total. The van der Waals surface area contributed by atoms with Crippen LogP contribution < -0.4 is 10.1 Å². The second kappa shape index (κ2) is 8.73. The predicted octanol–water partition coefficient (Wildman–Crippen LogP) is 2.47. The fourth-order valence-electron chi connectivity index (χ4n) is 3.10. The van der Waals surface area contributed by atoms with Gasteiger partial charge in [0.2, 0.25) is 0 Å². The molecule has 1 saturated heterocycles. The second-order valence-electron chi connectivity index (χ2n) is 6.34. The third-order valence-corrected chi connectivity index (χ3v) is 4.17. The van der Waals surface area contributed by atoms with E-state index in [2.05, 4.69) is 36.2 Å². The number of aliphatic hydroxyl groups excluding tert-OH is 1. The highest BCUT2D eigenvalue weighted by Crippen LogP contribution is 2.38. The van der Waals surface area contributed by atoms with Crippen molar-refractivity contribution in [3.63, 3.8) is 0 Å². The van der Waals surface area contributed by atoms with Gasteiger partial charge in [0.15, 0.2) is 0 Å². The molecule has 1 aliphatic rings. The minimum atomic E-state index is -0.176. The van der Waals surface area contributed by atoms with Crippen LogP contribution in [0.4, 0.5) is 0 Å². The molecule has 2 rings (SSSR count). The molecular weight excluding hydrogens is 300 g/mol. The molecule has 0 aliphatic carbocycles. The van der Waals surface area contributed by atoms with Crippen molar-refractivity contribution in [1.29, 1.82) is 0 Å². The van der Waals surface area contributed by atoms with Gasteiger partial charge in [0.05, 0.1) is 6.61 Å². The van der Waals surface area contributed by atoms with Gasteiger partial charge in [-0.1, -0.05) is 26.0 Å². The molecule has 1 fully saturated rings. The Morgan fingerprint density at radius 1 is 1.23 bits per heavy atom. The summed E-state index contributed by atoms with van der Waals surface area (Å²) in [5.74, 6) is 0.905. The van der Waals surface area contributed by atoms with Gasteiger partial charge >= 0.3 is 0 Å². The fourth-order valence-corrected chi connectivity index (χ4v) is 3.10. The number of hydrogen-bond acceptors (Lipinski definition) is 4. The largest absolute Gasteiger partial charge is 0.494 e. The lowest BCUT2D eigenvalue weighted by Crippen LogP contribution is -2.49. The van der Waals surface area contributed by atoms with Gasteiger partial charge in [-0.15, -0.1) is 12.4 Å². The van der Waals surface area contributed by atoms with Crippen LogP contribution in [-0.4, -0.2) is 49.4 Å². The number of benzene rings is 1. The molecule has 5 heteroatoms. The topological polar surface area (TPSA) is 44.7 Å². The molecule has 0 spiro atoms. The molecule has 0 unspecified atom stereocenters. The third-order valence-electron chi connectivity index (χ3n) is 4.17. The summed E-state index contributed by atoms with van der Waals surface area (Å²) in [6.07, 6.45) is 0. The molecule has 22 heavy (non-hydrogen) atoms. The maximum Gasteiger partial charge on any atom is 0.119 e. The molecule has 1 heterocycles. The molecule has 0 aromatic heterocycles. The van der Waals surface area contributed by atoms with Gasteiger partial charge in [-0.2, -0.15) is 0 Å². The van der Waals surface area contributed by atoms with Crippen molar-refractivity contribution in [2.24, 2.45) is 5.41 Å². The maximum atomic E-state index is 9.83. The smallest absolute Gasteiger partial charge is 0.119 e. The number of hydrogen-bond donors (Lipinski definition) is 2. The lowest BCUT2D eigenvalue weighted by atomic mass is 9.79. The first-order valence-corrected chi connectivity index (χ1v) is 7.87. The first-order chi connectivity index (χ1) is 10.1. The van der Waals surface area contributed by atoms with E-state index >= 15 is 0 Å². The second-order valence-corrected chi connectivity index (χ2v) is 6.34. The quantitative estimate of drug-likeness (QED) is 0.842. The van der Waals surface area contributed by atoms with Crippen molar-refractivity contribution in [2.45, 2.75) is 26.8 Å². The highest BCUT2D eigenvalue weighted by molar-refractivity contribution is 5.85. The molecular formula is C17H29ClN2O2. The molecule has 0 radical (unpaired) electrons. The van der Waals surface area contributed by atoms with E-state index in [9.17, 15) is 5.11 Å². The highest BCUT2D eigenvalue weighted by atomic mass is 35.5. The van der Waals surface area contributed by atoms with Crippen LogP contribution >= 0.6 is 12.4 Å². The summed E-state index contributed by atoms with van der Waals surface area (Å²) in [4.78, 5) is 2.47. The van der Waals surface area contributed by atoms with Crippen LogP contribution in [0, 0.1) is 5.41 Å². The highest BCUT2D eigenvalue weighted by Gasteiger charge is 2.35. The van der Waals surface area contributed by atoms with Gasteiger partial charge in [0.1, 0.15) is 5.75 Å². The summed E-state index contributed by atoms with van der Waals surface area (Å²) in [6, 6.07) is 8.55. The SMILES string of the molecule is CCOc1ccc([C@@H](N2CCNCC2)C(C)(C)CO)cc1.Cl. The number of ether oxygens (including phenoxy) is 1. The van der Waals surface area contributed by atoms with Gasteiger partial charge in [-0.25, -0.2) is 0 Å². The van der Waals surface area contributed by atoms with E-state index in [4.69, 9.17) is 4.74 Å². The van der Waals surface area contributed by atoms with Crippen molar-refractivity contribution >= 4 is 12.4 Å². The van der Waals surface area contributed by atoms with Gasteiger partial charge in [-0.3, -0.25) is 4.90 Å². The minimum absolute atomic E-state index is 0. The molecule has 1 aromatic carbocycles. The Hall–Kier alpha value is -0.810. The average Bonchev–Trinajstić information content (AvgIpc) is 2.50. The number of aliphatic hydroxyl groups is 1. The number of halogens is 1. The number of nitrogens with one attached hydrogen (secondary N) is 1. The van der Waals surface area contributed by atoms with Gasteiger partial charge < -0.3 is 15.2 Å². The van der Waals surface area contributed by atoms with Crippen molar-refractivity contribution in [3.05, 3.63) is 29.8 Å². The molecule has 2 N–H and O–H groups in total. The van der Waals surface area contributed by atoms with E-state index < -0.39 is 0 Å². The fraction of sp³-hybridized carbons (Fsp3) is 0.647. The molecule has 0 saturated carbocycles. The molecule has 1 atom stereocenters. The van der Waals surface area contributed by atoms with E-state index in [1.165, 1.54) is 5.56 Å². The van der Waals surface area contributed by atoms with Gasteiger partial charge in [0.25, 0.3) is 0 Å². The predicted molar refractivity (Wildman–Crippen MR) is 92.9 cm³/mol. The van der Waals surface area contributed by atoms with E-state index in [1.807, 2.05) is 19.1 Å². The summed E-state index contributed by atoms with van der Waals surface area (Å²) in [5.41, 5.74) is 1.07. The lowest BCUT2D eigenvalue weighted by Gasteiger charge is -2.43. The van der Waals surface area contributed by atoms with Crippen LogP contribution in [0.25, 0.3) is 0 Å². The van der Waals surface area contributed by atoms with E-state index in [0.29, 0.717) is 6.61 Å². The minimum Gasteiger partial charge on any atom is -0.494 e. The third kappa shape index (κ3) is 4.59. The van der Waals surface area contributed by atoms with Crippen LogP contribution in [0.5, 0.6) is 5.75 Å². The van der Waals surface area contributed by atoms with E-state index in [1.54, 1.807) is 0 Å². The Bertz CT molecular complexity index is 431. The number of rotatable bonds is 6. The molecule has 126 valence electrons. The standard InChI is InChI=1S/C17H28N2O2.ClH/c1-4-21-15-7-5-14(6-8-15)16(17(2,3)13-20)19-11-9-18-10-12-19;/h5-8,16,18,20H,4,9-13H2,1-3H3;1H/t16-;/m1./s1. The molecule has 0 amide bonds. The van der Waals surface area contributed by atoms with Crippen molar-refractivity contribution in [1.82, 2.24) is 10.2 Å². The summed E-state index contributed by atoms with van der Waals surface area (Å²) in [5, 5.41) is 13.2. The summed E-state index contributed by atoms with van der Waals surface area (Å²) >= 11 is 0. The first kappa shape index (κ1) is 19.2. The zero-order valence-corrected chi connectivity index (χ0v) is 14.7. The van der Waals surface area contributed by atoms with E-state index in [0.717, 1.165) is 31.9 Å². The normalized spacial score (nSPS) is 17.6. The summed E-state index contributed by atoms with van der Waals surface area (Å²) in [6.45, 7) is 11.2. The lowest BCUT2D eigenvalue weighted by molar-refractivity contribution is 0.0305. The molecule has 1 aliphatic heterocycles. The van der Waals surface area contributed by atoms with E-state index in [-0.39, 0.29) is 30.5 Å². The monoisotopic (exact) mass is 328 g/mol. The Kier molecular flexibility index (Phi) is 7.63. The molecule has 1 aromatic rings. The van der Waals surface area contributed by atoms with Crippen LogP contribution in [0.3, 0.4) is 0 Å². The average molecular weight is 329 g/mol. The van der Waals surface area contributed by atoms with Gasteiger partial charge in [-0.05, 0) is 24.6 Å². The Morgan fingerprint density at radius 3 is 2.32 bits per heavy atom. The first-order valence-electron chi connectivity index (χ1n) is 7.87. The Balaban J connectivity index is 0.00000242. The van der Waals surface area contributed by atoms with Crippen LogP contribution in [0.15, 0.2) is 24.3 Å². The zero-order valence-electron chi connectivity index (χ0n) is 13.8. The number of nitrogens with zero attached hydrogens (tertiary/aromatic N) is 1. The van der Waals surface area contributed by atoms with Crippen molar-refractivity contribution in [3.8, 4) is 5.75 Å². The Labute approximate surface area is 140 Å². The van der Waals surface area contributed by atoms with Crippen LogP contribution in [-0.2, 0) is 0 Å².